The van der Waals surface area contributed by atoms with Gasteiger partial charge in [-0.25, -0.2) is 0 Å². The van der Waals surface area contributed by atoms with Crippen LogP contribution in [0.25, 0.3) is 10.9 Å². The third kappa shape index (κ3) is 3.44. The molecule has 1 aliphatic heterocycles. The van der Waals surface area contributed by atoms with Gasteiger partial charge in [-0.1, -0.05) is 6.07 Å². The highest BCUT2D eigenvalue weighted by atomic mass is 127. The number of nitrogens with one attached hydrogen (secondary N) is 1. The molecule has 1 N–H and O–H groups in total. The Morgan fingerprint density at radius 2 is 2.00 bits per heavy atom. The number of hydrogen-bond donors (Lipinski definition) is 1. The van der Waals surface area contributed by atoms with Crippen molar-refractivity contribution >= 4 is 39.2 Å². The molecule has 2 aliphatic rings. The Kier molecular flexibility index (Phi) is 4.75. The molecule has 1 unspecified atom stereocenters. The Labute approximate surface area is 157 Å². The second-order valence-electron chi connectivity index (χ2n) is 7.38. The fraction of sp³-hybridized carbons (Fsp3) is 0.579. The van der Waals surface area contributed by atoms with Gasteiger partial charge in [0.1, 0.15) is 0 Å². The zero-order valence-corrected chi connectivity index (χ0v) is 16.6. The topological polar surface area (TPSA) is 32.7 Å². The normalized spacial score (nSPS) is 26.9. The number of benzene rings is 1. The highest BCUT2D eigenvalue weighted by molar-refractivity contribution is 14.1. The van der Waals surface area contributed by atoms with E-state index in [1.165, 1.54) is 46.0 Å². The average molecular weight is 439 g/mol. The van der Waals surface area contributed by atoms with Crippen LogP contribution in [-0.4, -0.2) is 48.4 Å². The van der Waals surface area contributed by atoms with Crippen molar-refractivity contribution in [3.05, 3.63) is 28.0 Å². The largest absolute Gasteiger partial charge is 0.382 e. The van der Waals surface area contributed by atoms with Crippen LogP contribution in [0.4, 0.5) is 5.69 Å². The summed E-state index contributed by atoms with van der Waals surface area (Å²) < 4.78 is 9.11. The van der Waals surface area contributed by atoms with E-state index in [4.69, 9.17) is 4.74 Å². The van der Waals surface area contributed by atoms with Gasteiger partial charge in [0.05, 0.1) is 28.5 Å². The fourth-order valence-corrected chi connectivity index (χ4v) is 4.67. The zero-order valence-electron chi connectivity index (χ0n) is 14.5. The third-order valence-electron chi connectivity index (χ3n) is 5.47. The molecule has 1 aliphatic carbocycles. The zero-order chi connectivity index (χ0) is 16.7. The van der Waals surface area contributed by atoms with Crippen LogP contribution < -0.4 is 5.32 Å². The van der Waals surface area contributed by atoms with Gasteiger partial charge in [-0.15, -0.1) is 0 Å². The maximum absolute atomic E-state index is 5.42. The molecule has 0 spiro atoms. The number of halogens is 1. The van der Waals surface area contributed by atoms with Gasteiger partial charge >= 0.3 is 0 Å². The van der Waals surface area contributed by atoms with E-state index in [-0.39, 0.29) is 0 Å². The van der Waals surface area contributed by atoms with Gasteiger partial charge in [0.15, 0.2) is 0 Å². The van der Waals surface area contributed by atoms with Crippen molar-refractivity contribution in [3.63, 3.8) is 0 Å². The molecule has 2 heterocycles. The first-order chi connectivity index (χ1) is 11.6. The minimum Gasteiger partial charge on any atom is -0.382 e. The Hall–Kier alpha value is -0.790. The molecule has 5 heteroatoms. The lowest BCUT2D eigenvalue weighted by atomic mass is 9.90. The van der Waals surface area contributed by atoms with Crippen molar-refractivity contribution < 1.29 is 4.74 Å². The van der Waals surface area contributed by atoms with Crippen molar-refractivity contribution in [2.45, 2.75) is 50.4 Å². The number of ether oxygens (including phenoxy) is 1. The number of epoxide rings is 1. The molecule has 1 atom stereocenters. The maximum Gasteiger partial charge on any atom is 0.0988 e. The summed E-state index contributed by atoms with van der Waals surface area (Å²) >= 11 is 2.45. The summed E-state index contributed by atoms with van der Waals surface area (Å²) in [6.07, 6.45) is 5.50. The van der Waals surface area contributed by atoms with Crippen molar-refractivity contribution in [3.8, 4) is 0 Å². The molecule has 4 nitrogen and oxygen atoms in total. The van der Waals surface area contributed by atoms with E-state index in [2.05, 4.69) is 75.7 Å². The molecule has 1 saturated carbocycles. The van der Waals surface area contributed by atoms with E-state index in [0.717, 1.165) is 19.2 Å². The second-order valence-corrected chi connectivity index (χ2v) is 8.49. The summed E-state index contributed by atoms with van der Waals surface area (Å²) in [6, 6.07) is 10.3. The SMILES string of the molecule is CN(C)C1CCC(Nc2cccc3c2cc(I)n3CC2CO2)CC1. The number of anilines is 1. The lowest BCUT2D eigenvalue weighted by Crippen LogP contribution is -2.36. The quantitative estimate of drug-likeness (QED) is 0.566. The predicted molar refractivity (Wildman–Crippen MR) is 108 cm³/mol. The molecule has 4 rings (SSSR count). The molecule has 2 fully saturated rings. The predicted octanol–water partition coefficient (Wildman–Crippen LogP) is 3.93. The standard InChI is InChI=1S/C19H26IN3O/c1-22(2)14-8-6-13(7-9-14)21-17-4-3-5-18-16(17)10-19(20)23(18)11-15-12-24-15/h3-5,10,13-15,21H,6-9,11-12H2,1-2H3. The van der Waals surface area contributed by atoms with E-state index >= 15 is 0 Å². The van der Waals surface area contributed by atoms with Crippen LogP contribution in [0.5, 0.6) is 0 Å². The van der Waals surface area contributed by atoms with Gasteiger partial charge in [-0.2, -0.15) is 0 Å². The second kappa shape index (κ2) is 6.84. The van der Waals surface area contributed by atoms with Crippen molar-refractivity contribution in [2.24, 2.45) is 0 Å². The van der Waals surface area contributed by atoms with Gasteiger partial charge in [0.2, 0.25) is 0 Å². The molecule has 0 amide bonds. The van der Waals surface area contributed by atoms with Gasteiger partial charge in [0.25, 0.3) is 0 Å². The van der Waals surface area contributed by atoms with E-state index in [9.17, 15) is 0 Å². The fourth-order valence-electron chi connectivity index (χ4n) is 3.90. The van der Waals surface area contributed by atoms with Crippen molar-refractivity contribution in [2.75, 3.05) is 26.0 Å². The van der Waals surface area contributed by atoms with E-state index in [1.807, 2.05) is 0 Å². The first-order valence-electron chi connectivity index (χ1n) is 8.94. The van der Waals surface area contributed by atoms with Crippen LogP contribution in [0.3, 0.4) is 0 Å². The molecule has 1 aromatic heterocycles. The Morgan fingerprint density at radius 3 is 2.67 bits per heavy atom. The van der Waals surface area contributed by atoms with Crippen LogP contribution in [0.1, 0.15) is 25.7 Å². The minimum atomic E-state index is 0.409. The summed E-state index contributed by atoms with van der Waals surface area (Å²) in [5.74, 6) is 0. The Morgan fingerprint density at radius 1 is 1.25 bits per heavy atom. The van der Waals surface area contributed by atoms with E-state index in [1.54, 1.807) is 0 Å². The maximum atomic E-state index is 5.42. The number of rotatable bonds is 5. The Bertz CT molecular complexity index is 715. The molecule has 130 valence electrons. The van der Waals surface area contributed by atoms with Gasteiger partial charge in [-0.05, 0) is 80.6 Å². The minimum absolute atomic E-state index is 0.409. The third-order valence-corrected chi connectivity index (χ3v) is 6.36. The Balaban J connectivity index is 1.52. The van der Waals surface area contributed by atoms with Crippen LogP contribution in [0.15, 0.2) is 24.3 Å². The molecule has 0 radical (unpaired) electrons. The van der Waals surface area contributed by atoms with Gasteiger partial charge < -0.3 is 19.5 Å². The molecule has 2 aromatic rings. The van der Waals surface area contributed by atoms with E-state index in [0.29, 0.717) is 12.1 Å². The number of hydrogen-bond acceptors (Lipinski definition) is 3. The first-order valence-corrected chi connectivity index (χ1v) is 10.0. The summed E-state index contributed by atoms with van der Waals surface area (Å²) in [4.78, 5) is 2.37. The molecule has 24 heavy (non-hydrogen) atoms. The molecular weight excluding hydrogens is 413 g/mol. The molecule has 1 saturated heterocycles. The van der Waals surface area contributed by atoms with Crippen LogP contribution in [0, 0.1) is 3.70 Å². The summed E-state index contributed by atoms with van der Waals surface area (Å²) in [6.45, 7) is 1.88. The average Bonchev–Trinajstić information content (AvgIpc) is 3.33. The van der Waals surface area contributed by atoms with Crippen LogP contribution in [0.2, 0.25) is 0 Å². The van der Waals surface area contributed by atoms with Crippen molar-refractivity contribution in [1.82, 2.24) is 9.47 Å². The molecular formula is C19H26IN3O. The summed E-state index contributed by atoms with van der Waals surface area (Å²) in [5.41, 5.74) is 2.61. The first kappa shape index (κ1) is 16.7. The highest BCUT2D eigenvalue weighted by Gasteiger charge is 2.26. The number of nitrogens with zero attached hydrogens (tertiary/aromatic N) is 2. The number of fused-ring (bicyclic) bond motifs is 1. The molecule has 0 bridgehead atoms. The summed E-state index contributed by atoms with van der Waals surface area (Å²) in [7, 11) is 4.40. The van der Waals surface area contributed by atoms with E-state index < -0.39 is 0 Å². The van der Waals surface area contributed by atoms with Crippen molar-refractivity contribution in [1.29, 1.82) is 0 Å². The highest BCUT2D eigenvalue weighted by Crippen LogP contribution is 2.32. The van der Waals surface area contributed by atoms with Crippen LogP contribution in [-0.2, 0) is 11.3 Å². The molecule has 1 aromatic carbocycles. The summed E-state index contributed by atoms with van der Waals surface area (Å²) in [5, 5.41) is 5.17. The van der Waals surface area contributed by atoms with Gasteiger partial charge in [-0.3, -0.25) is 0 Å². The van der Waals surface area contributed by atoms with Gasteiger partial charge in [0, 0.05) is 23.2 Å². The lowest BCUT2D eigenvalue weighted by molar-refractivity contribution is 0.221. The lowest BCUT2D eigenvalue weighted by Gasteiger charge is -2.33. The number of aromatic nitrogens is 1. The smallest absolute Gasteiger partial charge is 0.0988 e. The monoisotopic (exact) mass is 439 g/mol. The van der Waals surface area contributed by atoms with Crippen LogP contribution >= 0.6 is 22.6 Å².